The molecule has 0 saturated carbocycles. The van der Waals surface area contributed by atoms with Crippen molar-refractivity contribution in [1.82, 2.24) is 14.8 Å². The fourth-order valence-electron chi connectivity index (χ4n) is 4.23. The van der Waals surface area contributed by atoms with Gasteiger partial charge < -0.3 is 15.2 Å². The number of aromatic nitrogens is 1. The summed E-state index contributed by atoms with van der Waals surface area (Å²) in [4.78, 5) is 16.7. The van der Waals surface area contributed by atoms with Gasteiger partial charge in [0.15, 0.2) is 0 Å². The summed E-state index contributed by atoms with van der Waals surface area (Å²) in [6.45, 7) is 11.5. The van der Waals surface area contributed by atoms with E-state index in [0.29, 0.717) is 0 Å². The summed E-state index contributed by atoms with van der Waals surface area (Å²) < 4.78 is 2.18. The first-order valence-corrected chi connectivity index (χ1v) is 11.4. The molecule has 5 nitrogen and oxygen atoms in total. The van der Waals surface area contributed by atoms with Gasteiger partial charge in [0.1, 0.15) is 5.00 Å². The predicted molar refractivity (Wildman–Crippen MR) is 125 cm³/mol. The van der Waals surface area contributed by atoms with E-state index in [-0.39, 0.29) is 12.1 Å². The molecule has 0 fully saturated rings. The molecule has 2 amide bonds. The van der Waals surface area contributed by atoms with Crippen molar-refractivity contribution in [3.05, 3.63) is 69.9 Å². The molecule has 3 heterocycles. The van der Waals surface area contributed by atoms with Gasteiger partial charge in [-0.2, -0.15) is 0 Å². The smallest absolute Gasteiger partial charge is 0.319 e. The summed E-state index contributed by atoms with van der Waals surface area (Å²) in [6, 6.07) is 9.91. The number of hydrogen-bond donors (Lipinski definition) is 2. The van der Waals surface area contributed by atoms with Crippen LogP contribution in [0.1, 0.15) is 47.0 Å². The van der Waals surface area contributed by atoms with Crippen molar-refractivity contribution in [2.75, 3.05) is 18.4 Å². The van der Waals surface area contributed by atoms with E-state index in [2.05, 4.69) is 59.3 Å². The zero-order valence-corrected chi connectivity index (χ0v) is 19.0. The Morgan fingerprint density at radius 2 is 2.00 bits per heavy atom. The van der Waals surface area contributed by atoms with Crippen molar-refractivity contribution in [2.45, 2.75) is 46.7 Å². The van der Waals surface area contributed by atoms with Crippen LogP contribution in [0.15, 0.2) is 42.7 Å². The van der Waals surface area contributed by atoms with Gasteiger partial charge in [0, 0.05) is 41.6 Å². The molecule has 0 bridgehead atoms. The molecular formula is C24H30N4OS. The number of amides is 2. The van der Waals surface area contributed by atoms with E-state index >= 15 is 0 Å². The Bertz CT molecular complexity index is 1040. The standard InChI is InChI=1S/C24H30N4OS/c1-5-27-13-10-19-21(15-27)30-23(28-11-6-7-12-28)22(19)18(4)25-24(29)26-20-9-8-16(2)14-17(20)3/h6-9,11-12,14,18H,5,10,13,15H2,1-4H3,(H2,25,26,29)/t18-/m1/s1. The van der Waals surface area contributed by atoms with Crippen molar-refractivity contribution in [3.63, 3.8) is 0 Å². The molecule has 1 aromatic carbocycles. The monoisotopic (exact) mass is 422 g/mol. The first-order valence-electron chi connectivity index (χ1n) is 10.6. The van der Waals surface area contributed by atoms with Crippen LogP contribution >= 0.6 is 11.3 Å². The number of nitrogens with zero attached hydrogens (tertiary/aromatic N) is 2. The summed E-state index contributed by atoms with van der Waals surface area (Å²) in [5.74, 6) is 0. The van der Waals surface area contributed by atoms with Gasteiger partial charge >= 0.3 is 6.03 Å². The molecule has 3 aromatic rings. The van der Waals surface area contributed by atoms with Crippen molar-refractivity contribution in [1.29, 1.82) is 0 Å². The van der Waals surface area contributed by atoms with E-state index in [4.69, 9.17) is 0 Å². The number of likely N-dealkylation sites (N-methyl/N-ethyl adjacent to an activating group) is 1. The highest BCUT2D eigenvalue weighted by Crippen LogP contribution is 2.39. The number of hydrogen-bond acceptors (Lipinski definition) is 3. The average Bonchev–Trinajstić information content (AvgIpc) is 3.36. The molecule has 6 heteroatoms. The van der Waals surface area contributed by atoms with Gasteiger partial charge in [-0.1, -0.05) is 24.6 Å². The zero-order chi connectivity index (χ0) is 21.3. The lowest BCUT2D eigenvalue weighted by molar-refractivity contribution is 0.249. The highest BCUT2D eigenvalue weighted by molar-refractivity contribution is 7.15. The summed E-state index contributed by atoms with van der Waals surface area (Å²) in [5, 5.41) is 7.41. The molecule has 0 saturated heterocycles. The van der Waals surface area contributed by atoms with E-state index in [1.54, 1.807) is 0 Å². The number of rotatable bonds is 5. The van der Waals surface area contributed by atoms with Gasteiger partial charge in [-0.15, -0.1) is 11.3 Å². The molecule has 1 aliphatic heterocycles. The Hall–Kier alpha value is -2.57. The third-order valence-electron chi connectivity index (χ3n) is 5.85. The topological polar surface area (TPSA) is 49.3 Å². The zero-order valence-electron chi connectivity index (χ0n) is 18.2. The Labute approximate surface area is 182 Å². The third-order valence-corrected chi connectivity index (χ3v) is 7.10. The molecule has 1 atom stereocenters. The first-order chi connectivity index (χ1) is 14.5. The summed E-state index contributed by atoms with van der Waals surface area (Å²) in [7, 11) is 0. The second kappa shape index (κ2) is 8.66. The van der Waals surface area contributed by atoms with Crippen LogP contribution in [0, 0.1) is 13.8 Å². The second-order valence-electron chi connectivity index (χ2n) is 8.07. The Morgan fingerprint density at radius 1 is 1.23 bits per heavy atom. The molecule has 4 rings (SSSR count). The Morgan fingerprint density at radius 3 is 2.70 bits per heavy atom. The Kier molecular flexibility index (Phi) is 5.97. The molecule has 0 aliphatic carbocycles. The molecule has 2 N–H and O–H groups in total. The number of carbonyl (C=O) groups is 1. The molecule has 0 spiro atoms. The van der Waals surface area contributed by atoms with Crippen molar-refractivity contribution < 1.29 is 4.79 Å². The number of carbonyl (C=O) groups excluding carboxylic acids is 1. The van der Waals surface area contributed by atoms with Crippen LogP contribution in [0.25, 0.3) is 5.00 Å². The maximum absolute atomic E-state index is 12.8. The van der Waals surface area contributed by atoms with E-state index < -0.39 is 0 Å². The van der Waals surface area contributed by atoms with Gasteiger partial charge in [-0.3, -0.25) is 4.90 Å². The predicted octanol–water partition coefficient (Wildman–Crippen LogP) is 5.42. The summed E-state index contributed by atoms with van der Waals surface area (Å²) >= 11 is 1.85. The quantitative estimate of drug-likeness (QED) is 0.577. The van der Waals surface area contributed by atoms with Crippen LogP contribution in [0.4, 0.5) is 10.5 Å². The maximum atomic E-state index is 12.8. The van der Waals surface area contributed by atoms with Crippen LogP contribution < -0.4 is 10.6 Å². The van der Waals surface area contributed by atoms with Gasteiger partial charge in [-0.25, -0.2) is 4.79 Å². The number of anilines is 1. The van der Waals surface area contributed by atoms with Crippen LogP contribution in [-0.2, 0) is 13.0 Å². The second-order valence-corrected chi connectivity index (χ2v) is 9.15. The molecule has 0 unspecified atom stereocenters. The molecule has 158 valence electrons. The van der Waals surface area contributed by atoms with E-state index in [1.165, 1.54) is 26.6 Å². The number of thiophene rings is 1. The largest absolute Gasteiger partial charge is 0.331 e. The highest BCUT2D eigenvalue weighted by Gasteiger charge is 2.28. The van der Waals surface area contributed by atoms with Crippen molar-refractivity contribution in [3.8, 4) is 5.00 Å². The number of benzene rings is 1. The van der Waals surface area contributed by atoms with Gasteiger partial charge in [0.05, 0.1) is 6.04 Å². The molecule has 2 aromatic heterocycles. The number of urea groups is 1. The van der Waals surface area contributed by atoms with Crippen LogP contribution in [0.3, 0.4) is 0 Å². The van der Waals surface area contributed by atoms with E-state index in [9.17, 15) is 4.79 Å². The highest BCUT2D eigenvalue weighted by atomic mass is 32.1. The van der Waals surface area contributed by atoms with Crippen LogP contribution in [0.2, 0.25) is 0 Å². The number of fused-ring (bicyclic) bond motifs is 1. The van der Waals surface area contributed by atoms with E-state index in [1.807, 2.05) is 42.5 Å². The van der Waals surface area contributed by atoms with Gasteiger partial charge in [-0.05, 0) is 63.1 Å². The maximum Gasteiger partial charge on any atom is 0.319 e. The molecule has 1 aliphatic rings. The summed E-state index contributed by atoms with van der Waals surface area (Å²) in [6.07, 6.45) is 5.20. The number of aryl methyl sites for hydroxylation is 2. The van der Waals surface area contributed by atoms with Crippen molar-refractivity contribution in [2.24, 2.45) is 0 Å². The van der Waals surface area contributed by atoms with Crippen LogP contribution in [-0.4, -0.2) is 28.6 Å². The molecule has 30 heavy (non-hydrogen) atoms. The Balaban J connectivity index is 1.59. The normalized spacial score (nSPS) is 14.9. The minimum absolute atomic E-state index is 0.0821. The summed E-state index contributed by atoms with van der Waals surface area (Å²) in [5.41, 5.74) is 5.76. The minimum atomic E-state index is -0.168. The van der Waals surface area contributed by atoms with Gasteiger partial charge in [0.25, 0.3) is 0 Å². The lowest BCUT2D eigenvalue weighted by Crippen LogP contribution is -2.33. The number of nitrogens with one attached hydrogen (secondary N) is 2. The fourth-order valence-corrected chi connectivity index (χ4v) is 5.68. The molecular weight excluding hydrogens is 392 g/mol. The SMILES string of the molecule is CCN1CCc2c(sc(-n3cccc3)c2[C@@H](C)NC(=O)Nc2ccc(C)cc2C)C1. The van der Waals surface area contributed by atoms with Crippen LogP contribution in [0.5, 0.6) is 0 Å². The minimum Gasteiger partial charge on any atom is -0.331 e. The average molecular weight is 423 g/mol. The first kappa shape index (κ1) is 20.7. The third kappa shape index (κ3) is 4.16. The van der Waals surface area contributed by atoms with Crippen molar-refractivity contribution >= 4 is 23.1 Å². The fraction of sp³-hybridized carbons (Fsp3) is 0.375. The van der Waals surface area contributed by atoms with Gasteiger partial charge in [0.2, 0.25) is 0 Å². The molecule has 0 radical (unpaired) electrons. The lowest BCUT2D eigenvalue weighted by Gasteiger charge is -2.26. The van der Waals surface area contributed by atoms with E-state index in [0.717, 1.165) is 37.3 Å². The lowest BCUT2D eigenvalue weighted by atomic mass is 9.98.